The van der Waals surface area contributed by atoms with Crippen molar-refractivity contribution in [3.63, 3.8) is 0 Å². The van der Waals surface area contributed by atoms with Gasteiger partial charge in [-0.15, -0.1) is 0 Å². The fourth-order valence-corrected chi connectivity index (χ4v) is 3.27. The van der Waals surface area contributed by atoms with E-state index in [0.29, 0.717) is 22.8 Å². The third-order valence-corrected chi connectivity index (χ3v) is 4.73. The maximum atomic E-state index is 12.7. The first kappa shape index (κ1) is 19.9. The number of carbonyl (C=O) groups is 2. The fourth-order valence-electron chi connectivity index (χ4n) is 3.07. The SMILES string of the molecule is CCOC(=O)C1=C(CNCc2ccccc2Cl)NC(=O)NC1c1ccccc1. The Labute approximate surface area is 168 Å². The molecule has 1 heterocycles. The summed E-state index contributed by atoms with van der Waals surface area (Å²) in [5.74, 6) is -0.460. The van der Waals surface area contributed by atoms with Crippen LogP contribution in [0.4, 0.5) is 4.79 Å². The van der Waals surface area contributed by atoms with Gasteiger partial charge in [-0.25, -0.2) is 9.59 Å². The minimum atomic E-state index is -0.578. The molecule has 3 rings (SSSR count). The first-order chi connectivity index (χ1) is 13.6. The first-order valence-electron chi connectivity index (χ1n) is 9.07. The zero-order valence-corrected chi connectivity index (χ0v) is 16.3. The number of urea groups is 1. The van der Waals surface area contributed by atoms with Gasteiger partial charge in [-0.3, -0.25) is 0 Å². The monoisotopic (exact) mass is 399 g/mol. The van der Waals surface area contributed by atoms with Crippen LogP contribution in [0, 0.1) is 0 Å². The molecule has 0 fully saturated rings. The number of esters is 1. The predicted molar refractivity (Wildman–Crippen MR) is 108 cm³/mol. The Morgan fingerprint density at radius 1 is 1.11 bits per heavy atom. The number of ether oxygens (including phenoxy) is 1. The van der Waals surface area contributed by atoms with E-state index >= 15 is 0 Å². The average molecular weight is 400 g/mol. The zero-order chi connectivity index (χ0) is 19.9. The lowest BCUT2D eigenvalue weighted by Gasteiger charge is -2.29. The van der Waals surface area contributed by atoms with Crippen LogP contribution in [-0.4, -0.2) is 25.2 Å². The maximum absolute atomic E-state index is 12.7. The lowest BCUT2D eigenvalue weighted by molar-refractivity contribution is -0.139. The topological polar surface area (TPSA) is 79.5 Å². The zero-order valence-electron chi connectivity index (χ0n) is 15.5. The predicted octanol–water partition coefficient (Wildman–Crippen LogP) is 3.30. The maximum Gasteiger partial charge on any atom is 0.338 e. The van der Waals surface area contributed by atoms with Crippen LogP contribution in [0.2, 0.25) is 5.02 Å². The molecule has 1 aliphatic rings. The number of amides is 2. The van der Waals surface area contributed by atoms with E-state index in [1.165, 1.54) is 0 Å². The van der Waals surface area contributed by atoms with Crippen LogP contribution in [0.3, 0.4) is 0 Å². The molecule has 2 aromatic rings. The summed E-state index contributed by atoms with van der Waals surface area (Å²) in [6.45, 7) is 2.78. The van der Waals surface area contributed by atoms with Crippen molar-refractivity contribution >= 4 is 23.6 Å². The van der Waals surface area contributed by atoms with Gasteiger partial charge in [0.2, 0.25) is 0 Å². The smallest absolute Gasteiger partial charge is 0.338 e. The van der Waals surface area contributed by atoms with E-state index in [1.54, 1.807) is 6.92 Å². The summed E-state index contributed by atoms with van der Waals surface area (Å²) in [6, 6.07) is 15.9. The van der Waals surface area contributed by atoms with Gasteiger partial charge in [0.05, 0.1) is 18.2 Å². The Balaban J connectivity index is 1.87. The normalized spacial score (nSPS) is 16.4. The molecule has 2 aromatic carbocycles. The molecular weight excluding hydrogens is 378 g/mol. The van der Waals surface area contributed by atoms with Gasteiger partial charge in [0.15, 0.2) is 0 Å². The molecular formula is C21H22ClN3O3. The highest BCUT2D eigenvalue weighted by Gasteiger charge is 2.33. The minimum Gasteiger partial charge on any atom is -0.463 e. The highest BCUT2D eigenvalue weighted by Crippen LogP contribution is 2.27. The largest absolute Gasteiger partial charge is 0.463 e. The number of nitrogens with one attached hydrogen (secondary N) is 3. The Kier molecular flexibility index (Phi) is 6.68. The molecule has 146 valence electrons. The van der Waals surface area contributed by atoms with Crippen LogP contribution in [0.15, 0.2) is 65.9 Å². The Hall–Kier alpha value is -2.83. The molecule has 1 unspecified atom stereocenters. The lowest BCUT2D eigenvalue weighted by atomic mass is 9.95. The van der Waals surface area contributed by atoms with E-state index in [4.69, 9.17) is 16.3 Å². The molecule has 1 aliphatic heterocycles. The van der Waals surface area contributed by atoms with Crippen molar-refractivity contribution in [3.05, 3.63) is 82.0 Å². The third-order valence-electron chi connectivity index (χ3n) is 4.36. The van der Waals surface area contributed by atoms with Gasteiger partial charge in [0.25, 0.3) is 0 Å². The number of carbonyl (C=O) groups excluding carboxylic acids is 2. The molecule has 2 amide bonds. The van der Waals surface area contributed by atoms with Crippen LogP contribution in [0.5, 0.6) is 0 Å². The van der Waals surface area contributed by atoms with Crippen LogP contribution in [0.25, 0.3) is 0 Å². The average Bonchev–Trinajstić information content (AvgIpc) is 2.70. The van der Waals surface area contributed by atoms with E-state index < -0.39 is 12.0 Å². The van der Waals surface area contributed by atoms with E-state index in [1.807, 2.05) is 54.6 Å². The molecule has 7 heteroatoms. The second kappa shape index (κ2) is 9.39. The highest BCUT2D eigenvalue weighted by atomic mass is 35.5. The summed E-state index contributed by atoms with van der Waals surface area (Å²) >= 11 is 6.19. The Morgan fingerprint density at radius 2 is 1.82 bits per heavy atom. The summed E-state index contributed by atoms with van der Waals surface area (Å²) in [5.41, 5.74) is 2.62. The van der Waals surface area contributed by atoms with Crippen molar-refractivity contribution in [1.29, 1.82) is 0 Å². The molecule has 0 aromatic heterocycles. The first-order valence-corrected chi connectivity index (χ1v) is 9.44. The number of halogens is 1. The van der Waals surface area contributed by atoms with E-state index in [2.05, 4.69) is 16.0 Å². The molecule has 0 saturated heterocycles. The summed E-state index contributed by atoms with van der Waals surface area (Å²) in [7, 11) is 0. The van der Waals surface area contributed by atoms with Crippen LogP contribution in [-0.2, 0) is 16.1 Å². The quantitative estimate of drug-likeness (QED) is 0.624. The van der Waals surface area contributed by atoms with Gasteiger partial charge in [-0.2, -0.15) is 0 Å². The van der Waals surface area contributed by atoms with Gasteiger partial charge in [-0.1, -0.05) is 60.1 Å². The van der Waals surface area contributed by atoms with E-state index in [9.17, 15) is 9.59 Å². The fraction of sp³-hybridized carbons (Fsp3) is 0.238. The molecule has 3 N–H and O–H groups in total. The Bertz CT molecular complexity index is 883. The molecule has 28 heavy (non-hydrogen) atoms. The minimum absolute atomic E-state index is 0.248. The van der Waals surface area contributed by atoms with Crippen molar-refractivity contribution in [3.8, 4) is 0 Å². The molecule has 0 spiro atoms. The van der Waals surface area contributed by atoms with Gasteiger partial charge >= 0.3 is 12.0 Å². The summed E-state index contributed by atoms with van der Waals surface area (Å²) in [4.78, 5) is 24.9. The number of hydrogen-bond acceptors (Lipinski definition) is 4. The molecule has 0 aliphatic carbocycles. The van der Waals surface area contributed by atoms with Crippen molar-refractivity contribution in [2.75, 3.05) is 13.2 Å². The Morgan fingerprint density at radius 3 is 2.54 bits per heavy atom. The van der Waals surface area contributed by atoms with E-state index in [-0.39, 0.29) is 19.2 Å². The van der Waals surface area contributed by atoms with Crippen molar-refractivity contribution in [2.45, 2.75) is 19.5 Å². The number of benzene rings is 2. The van der Waals surface area contributed by atoms with Crippen molar-refractivity contribution < 1.29 is 14.3 Å². The molecule has 6 nitrogen and oxygen atoms in total. The van der Waals surface area contributed by atoms with Gasteiger partial charge in [0, 0.05) is 23.8 Å². The second-order valence-corrected chi connectivity index (χ2v) is 6.66. The standard InChI is InChI=1S/C21H22ClN3O3/c1-2-28-20(26)18-17(13-23-12-15-10-6-7-11-16(15)22)24-21(27)25-19(18)14-8-4-3-5-9-14/h3-11,19,23H,2,12-13H2,1H3,(H2,24,25,27). The molecule has 0 bridgehead atoms. The van der Waals surface area contributed by atoms with E-state index in [0.717, 1.165) is 11.1 Å². The summed E-state index contributed by atoms with van der Waals surface area (Å²) in [5, 5.41) is 9.45. The number of hydrogen-bond donors (Lipinski definition) is 3. The highest BCUT2D eigenvalue weighted by molar-refractivity contribution is 6.31. The third kappa shape index (κ3) is 4.71. The second-order valence-electron chi connectivity index (χ2n) is 6.25. The number of rotatable bonds is 7. The van der Waals surface area contributed by atoms with Gasteiger partial charge in [-0.05, 0) is 24.1 Å². The molecule has 0 saturated carbocycles. The van der Waals surface area contributed by atoms with Crippen LogP contribution >= 0.6 is 11.6 Å². The molecule has 0 radical (unpaired) electrons. The summed E-state index contributed by atoms with van der Waals surface area (Å²) < 4.78 is 5.25. The van der Waals surface area contributed by atoms with Gasteiger partial charge < -0.3 is 20.7 Å². The van der Waals surface area contributed by atoms with Crippen LogP contribution in [0.1, 0.15) is 24.1 Å². The van der Waals surface area contributed by atoms with Crippen molar-refractivity contribution in [2.24, 2.45) is 0 Å². The van der Waals surface area contributed by atoms with Crippen LogP contribution < -0.4 is 16.0 Å². The molecule has 1 atom stereocenters. The lowest BCUT2D eigenvalue weighted by Crippen LogP contribution is -2.48. The van der Waals surface area contributed by atoms with Crippen molar-refractivity contribution in [1.82, 2.24) is 16.0 Å². The summed E-state index contributed by atoms with van der Waals surface area (Å²) in [6.07, 6.45) is 0. The van der Waals surface area contributed by atoms with Gasteiger partial charge in [0.1, 0.15) is 0 Å².